The SMILES string of the molecule is Clc1ccc(NCC2CCCN2)s1. The fourth-order valence-electron chi connectivity index (χ4n) is 1.56. The first-order valence-electron chi connectivity index (χ1n) is 4.57. The summed E-state index contributed by atoms with van der Waals surface area (Å²) in [7, 11) is 0. The van der Waals surface area contributed by atoms with Crippen molar-refractivity contribution < 1.29 is 0 Å². The van der Waals surface area contributed by atoms with E-state index in [2.05, 4.69) is 10.6 Å². The summed E-state index contributed by atoms with van der Waals surface area (Å²) >= 11 is 7.42. The molecule has 1 aromatic rings. The summed E-state index contributed by atoms with van der Waals surface area (Å²) in [5, 5.41) is 7.99. The monoisotopic (exact) mass is 216 g/mol. The van der Waals surface area contributed by atoms with Crippen LogP contribution in [0.5, 0.6) is 0 Å². The van der Waals surface area contributed by atoms with Crippen molar-refractivity contribution >= 4 is 27.9 Å². The van der Waals surface area contributed by atoms with Crippen LogP contribution in [0.4, 0.5) is 5.00 Å². The molecule has 1 atom stereocenters. The fraction of sp³-hybridized carbons (Fsp3) is 0.556. The van der Waals surface area contributed by atoms with Crippen molar-refractivity contribution in [1.29, 1.82) is 0 Å². The van der Waals surface area contributed by atoms with Gasteiger partial charge in [0.15, 0.2) is 0 Å². The largest absolute Gasteiger partial charge is 0.375 e. The molecule has 2 heterocycles. The molecule has 0 radical (unpaired) electrons. The Balaban J connectivity index is 1.78. The van der Waals surface area contributed by atoms with E-state index in [-0.39, 0.29) is 0 Å². The summed E-state index contributed by atoms with van der Waals surface area (Å²) in [6.07, 6.45) is 2.59. The molecule has 1 unspecified atom stereocenters. The number of hydrogen-bond donors (Lipinski definition) is 2. The molecule has 1 aromatic heterocycles. The molecular weight excluding hydrogens is 204 g/mol. The topological polar surface area (TPSA) is 24.1 Å². The first-order chi connectivity index (χ1) is 6.34. The molecule has 72 valence electrons. The maximum Gasteiger partial charge on any atom is 0.0950 e. The quantitative estimate of drug-likeness (QED) is 0.812. The number of nitrogens with one attached hydrogen (secondary N) is 2. The smallest absolute Gasteiger partial charge is 0.0950 e. The average molecular weight is 217 g/mol. The van der Waals surface area contributed by atoms with Crippen molar-refractivity contribution in [2.24, 2.45) is 0 Å². The number of rotatable bonds is 3. The highest BCUT2D eigenvalue weighted by Crippen LogP contribution is 2.25. The Hall–Kier alpha value is -0.250. The minimum atomic E-state index is 0.640. The molecule has 1 fully saturated rings. The highest BCUT2D eigenvalue weighted by atomic mass is 35.5. The second kappa shape index (κ2) is 4.31. The van der Waals surface area contributed by atoms with Gasteiger partial charge in [0, 0.05) is 12.6 Å². The zero-order chi connectivity index (χ0) is 9.10. The Morgan fingerprint density at radius 2 is 2.54 bits per heavy atom. The van der Waals surface area contributed by atoms with Gasteiger partial charge in [0.2, 0.25) is 0 Å². The third kappa shape index (κ3) is 2.59. The van der Waals surface area contributed by atoms with Crippen LogP contribution in [0.2, 0.25) is 4.34 Å². The second-order valence-electron chi connectivity index (χ2n) is 3.28. The van der Waals surface area contributed by atoms with Gasteiger partial charge >= 0.3 is 0 Å². The lowest BCUT2D eigenvalue weighted by molar-refractivity contribution is 0.634. The normalized spacial score (nSPS) is 22.1. The molecule has 0 aliphatic carbocycles. The zero-order valence-corrected chi connectivity index (χ0v) is 8.92. The molecule has 2 N–H and O–H groups in total. The lowest BCUT2D eigenvalue weighted by Crippen LogP contribution is -2.29. The van der Waals surface area contributed by atoms with Crippen LogP contribution in [-0.4, -0.2) is 19.1 Å². The van der Waals surface area contributed by atoms with Crippen LogP contribution < -0.4 is 10.6 Å². The molecule has 4 heteroatoms. The van der Waals surface area contributed by atoms with Crippen molar-refractivity contribution in [2.75, 3.05) is 18.4 Å². The lowest BCUT2D eigenvalue weighted by atomic mass is 10.2. The summed E-state index contributed by atoms with van der Waals surface area (Å²) in [5.74, 6) is 0. The van der Waals surface area contributed by atoms with Crippen molar-refractivity contribution in [1.82, 2.24) is 5.32 Å². The molecule has 0 bridgehead atoms. The van der Waals surface area contributed by atoms with Crippen molar-refractivity contribution in [3.05, 3.63) is 16.5 Å². The van der Waals surface area contributed by atoms with Crippen molar-refractivity contribution in [3.8, 4) is 0 Å². The highest BCUT2D eigenvalue weighted by Gasteiger charge is 2.13. The summed E-state index contributed by atoms with van der Waals surface area (Å²) in [6.45, 7) is 2.17. The minimum absolute atomic E-state index is 0.640. The van der Waals surface area contributed by atoms with Gasteiger partial charge in [-0.1, -0.05) is 11.6 Å². The van der Waals surface area contributed by atoms with E-state index < -0.39 is 0 Å². The fourth-order valence-corrected chi connectivity index (χ4v) is 2.51. The van der Waals surface area contributed by atoms with Crippen LogP contribution in [-0.2, 0) is 0 Å². The van der Waals surface area contributed by atoms with E-state index in [1.54, 1.807) is 11.3 Å². The molecule has 0 saturated carbocycles. The number of halogens is 1. The molecule has 0 amide bonds. The summed E-state index contributed by atoms with van der Waals surface area (Å²) < 4.78 is 0.849. The third-order valence-corrected chi connectivity index (χ3v) is 3.45. The van der Waals surface area contributed by atoms with Gasteiger partial charge in [-0.3, -0.25) is 0 Å². The second-order valence-corrected chi connectivity index (χ2v) is 4.99. The summed E-state index contributed by atoms with van der Waals surface area (Å²) in [5.41, 5.74) is 0. The molecule has 0 aromatic carbocycles. The van der Waals surface area contributed by atoms with Gasteiger partial charge in [0.1, 0.15) is 0 Å². The van der Waals surface area contributed by atoms with Crippen LogP contribution >= 0.6 is 22.9 Å². The maximum absolute atomic E-state index is 5.82. The van der Waals surface area contributed by atoms with Gasteiger partial charge in [0.05, 0.1) is 9.34 Å². The van der Waals surface area contributed by atoms with Gasteiger partial charge in [0.25, 0.3) is 0 Å². The molecule has 2 rings (SSSR count). The number of hydrogen-bond acceptors (Lipinski definition) is 3. The summed E-state index contributed by atoms with van der Waals surface area (Å²) in [6, 6.07) is 4.60. The molecular formula is C9H13ClN2S. The van der Waals surface area contributed by atoms with Crippen molar-refractivity contribution in [3.63, 3.8) is 0 Å². The average Bonchev–Trinajstić information content (AvgIpc) is 2.71. The Bertz CT molecular complexity index is 268. The zero-order valence-electron chi connectivity index (χ0n) is 7.35. The summed E-state index contributed by atoms with van der Waals surface area (Å²) in [4.78, 5) is 0. The first kappa shape index (κ1) is 9.31. The molecule has 1 aliphatic rings. The Labute approximate surface area is 87.3 Å². The van der Waals surface area contributed by atoms with E-state index in [1.807, 2.05) is 12.1 Å². The molecule has 2 nitrogen and oxygen atoms in total. The third-order valence-electron chi connectivity index (χ3n) is 2.26. The number of anilines is 1. The molecule has 0 spiro atoms. The Morgan fingerprint density at radius 3 is 3.15 bits per heavy atom. The van der Waals surface area contributed by atoms with Gasteiger partial charge < -0.3 is 10.6 Å². The highest BCUT2D eigenvalue weighted by molar-refractivity contribution is 7.19. The van der Waals surface area contributed by atoms with Gasteiger partial charge in [-0.15, -0.1) is 11.3 Å². The van der Waals surface area contributed by atoms with E-state index in [9.17, 15) is 0 Å². The van der Waals surface area contributed by atoms with E-state index in [1.165, 1.54) is 17.8 Å². The van der Waals surface area contributed by atoms with Crippen LogP contribution in [0.3, 0.4) is 0 Å². The number of thiophene rings is 1. The molecule has 13 heavy (non-hydrogen) atoms. The van der Waals surface area contributed by atoms with E-state index in [4.69, 9.17) is 11.6 Å². The van der Waals surface area contributed by atoms with Crippen LogP contribution in [0.25, 0.3) is 0 Å². The van der Waals surface area contributed by atoms with Gasteiger partial charge in [-0.05, 0) is 31.5 Å². The molecule has 1 saturated heterocycles. The van der Waals surface area contributed by atoms with Crippen LogP contribution in [0, 0.1) is 0 Å². The Morgan fingerprint density at radius 1 is 1.62 bits per heavy atom. The predicted octanol–water partition coefficient (Wildman–Crippen LogP) is 2.57. The standard InChI is InChI=1S/C9H13ClN2S/c10-8-3-4-9(13-8)12-6-7-2-1-5-11-7/h3-4,7,11-12H,1-2,5-6H2. The Kier molecular flexibility index (Phi) is 3.09. The lowest BCUT2D eigenvalue weighted by Gasteiger charge is -2.10. The van der Waals surface area contributed by atoms with Gasteiger partial charge in [-0.25, -0.2) is 0 Å². The van der Waals surface area contributed by atoms with E-state index in [0.29, 0.717) is 6.04 Å². The minimum Gasteiger partial charge on any atom is -0.375 e. The molecule has 1 aliphatic heterocycles. The van der Waals surface area contributed by atoms with Crippen molar-refractivity contribution in [2.45, 2.75) is 18.9 Å². The van der Waals surface area contributed by atoms with E-state index in [0.717, 1.165) is 17.4 Å². The first-order valence-corrected chi connectivity index (χ1v) is 5.76. The maximum atomic E-state index is 5.82. The van der Waals surface area contributed by atoms with Crippen LogP contribution in [0.15, 0.2) is 12.1 Å². The van der Waals surface area contributed by atoms with Gasteiger partial charge in [-0.2, -0.15) is 0 Å². The van der Waals surface area contributed by atoms with E-state index >= 15 is 0 Å². The predicted molar refractivity (Wildman–Crippen MR) is 58.8 cm³/mol. The van der Waals surface area contributed by atoms with Crippen LogP contribution in [0.1, 0.15) is 12.8 Å².